The summed E-state index contributed by atoms with van der Waals surface area (Å²) >= 11 is 1.44. The molecule has 0 aliphatic carbocycles. The first kappa shape index (κ1) is 24.9. The summed E-state index contributed by atoms with van der Waals surface area (Å²) in [5, 5.41) is 0.598. The fourth-order valence-corrected chi connectivity index (χ4v) is 4.67. The quantitative estimate of drug-likeness (QED) is 0.382. The summed E-state index contributed by atoms with van der Waals surface area (Å²) < 4.78 is 29.3. The van der Waals surface area contributed by atoms with Gasteiger partial charge in [-0.3, -0.25) is 9.69 Å². The van der Waals surface area contributed by atoms with E-state index in [1.54, 1.807) is 17.0 Å². The van der Waals surface area contributed by atoms with Crippen molar-refractivity contribution in [2.45, 2.75) is 20.8 Å². The van der Waals surface area contributed by atoms with Crippen LogP contribution in [0.4, 0.5) is 5.13 Å². The van der Waals surface area contributed by atoms with Crippen molar-refractivity contribution in [3.05, 3.63) is 29.8 Å². The van der Waals surface area contributed by atoms with Gasteiger partial charge in [0.1, 0.15) is 0 Å². The van der Waals surface area contributed by atoms with Gasteiger partial charge in [-0.15, -0.1) is 0 Å². The van der Waals surface area contributed by atoms with Gasteiger partial charge in [0.15, 0.2) is 28.1 Å². The van der Waals surface area contributed by atoms with Gasteiger partial charge in [-0.2, -0.15) is 0 Å². The Balaban J connectivity index is 1.75. The molecule has 10 heteroatoms. The Labute approximate surface area is 209 Å². The maximum atomic E-state index is 13.9. The minimum absolute atomic E-state index is 0.198. The van der Waals surface area contributed by atoms with E-state index in [1.165, 1.54) is 11.3 Å². The number of likely N-dealkylation sites (N-methyl/N-ethyl adjacent to an activating group) is 1. The molecule has 1 aliphatic rings. The van der Waals surface area contributed by atoms with E-state index in [2.05, 4.69) is 0 Å². The number of fused-ring (bicyclic) bond motifs is 2. The van der Waals surface area contributed by atoms with Crippen LogP contribution in [-0.2, 0) is 0 Å². The average molecular weight is 502 g/mol. The van der Waals surface area contributed by atoms with E-state index >= 15 is 0 Å². The van der Waals surface area contributed by atoms with Crippen molar-refractivity contribution >= 4 is 32.6 Å². The van der Waals surface area contributed by atoms with E-state index in [4.69, 9.17) is 28.7 Å². The maximum absolute atomic E-state index is 13.9. The molecule has 2 heterocycles. The molecule has 0 radical (unpaired) electrons. The molecule has 9 nitrogen and oxygen atoms in total. The van der Waals surface area contributed by atoms with Crippen LogP contribution in [0.2, 0.25) is 0 Å². The molecule has 0 atom stereocenters. The van der Waals surface area contributed by atoms with Crippen molar-refractivity contribution in [1.29, 1.82) is 0 Å². The minimum atomic E-state index is -0.198. The number of carbonyl (C=O) groups is 1. The second-order valence-corrected chi connectivity index (χ2v) is 9.04. The SMILES string of the molecule is CCOc1cc(C(=O)N(CCN(C)C)c2nc3cc4c(cc3s2)OCO4)cc(OCC)c1OCC. The molecule has 0 saturated heterocycles. The third kappa shape index (κ3) is 5.38. The Bertz CT molecular complexity index is 1130. The highest BCUT2D eigenvalue weighted by Gasteiger charge is 2.26. The van der Waals surface area contributed by atoms with Crippen molar-refractivity contribution in [2.24, 2.45) is 0 Å². The first-order valence-corrected chi connectivity index (χ1v) is 12.5. The van der Waals surface area contributed by atoms with Crippen molar-refractivity contribution in [3.8, 4) is 28.7 Å². The molecule has 1 aliphatic heterocycles. The number of amides is 1. The number of anilines is 1. The molecule has 35 heavy (non-hydrogen) atoms. The van der Waals surface area contributed by atoms with Gasteiger partial charge in [0, 0.05) is 30.8 Å². The summed E-state index contributed by atoms with van der Waals surface area (Å²) in [5.41, 5.74) is 1.20. The maximum Gasteiger partial charge on any atom is 0.260 e. The molecular weight excluding hydrogens is 470 g/mol. The normalized spacial score (nSPS) is 12.3. The number of carbonyl (C=O) groups excluding carboxylic acids is 1. The number of ether oxygens (including phenoxy) is 5. The monoisotopic (exact) mass is 501 g/mol. The molecule has 1 aromatic heterocycles. The smallest absolute Gasteiger partial charge is 0.260 e. The predicted molar refractivity (Wildman–Crippen MR) is 136 cm³/mol. The van der Waals surface area contributed by atoms with Gasteiger partial charge >= 0.3 is 0 Å². The average Bonchev–Trinajstić information content (AvgIpc) is 3.45. The number of thiazole rings is 1. The van der Waals surface area contributed by atoms with Crippen LogP contribution in [0.5, 0.6) is 28.7 Å². The summed E-state index contributed by atoms with van der Waals surface area (Å²) in [7, 11) is 3.94. The number of rotatable bonds is 11. The van der Waals surface area contributed by atoms with Crippen molar-refractivity contribution in [1.82, 2.24) is 9.88 Å². The minimum Gasteiger partial charge on any atom is -0.490 e. The van der Waals surface area contributed by atoms with Gasteiger partial charge in [-0.1, -0.05) is 11.3 Å². The molecule has 0 saturated carbocycles. The van der Waals surface area contributed by atoms with Crippen molar-refractivity contribution < 1.29 is 28.5 Å². The third-order valence-electron chi connectivity index (χ3n) is 5.27. The van der Waals surface area contributed by atoms with Gasteiger partial charge in [0.25, 0.3) is 5.91 Å². The van der Waals surface area contributed by atoms with Crippen molar-refractivity contribution in [2.75, 3.05) is 58.7 Å². The van der Waals surface area contributed by atoms with E-state index in [0.29, 0.717) is 72.4 Å². The zero-order chi connectivity index (χ0) is 24.9. The predicted octanol–water partition coefficient (Wildman–Crippen LogP) is 4.43. The zero-order valence-electron chi connectivity index (χ0n) is 20.8. The first-order valence-electron chi connectivity index (χ1n) is 11.7. The Morgan fingerprint density at radius 3 is 2.17 bits per heavy atom. The lowest BCUT2D eigenvalue weighted by Gasteiger charge is -2.23. The lowest BCUT2D eigenvalue weighted by atomic mass is 10.1. The van der Waals surface area contributed by atoms with E-state index in [1.807, 2.05) is 51.9 Å². The van der Waals surface area contributed by atoms with E-state index in [0.717, 1.165) is 10.2 Å². The molecular formula is C25H31N3O6S. The number of hydrogen-bond acceptors (Lipinski definition) is 9. The first-order chi connectivity index (χ1) is 16.9. The topological polar surface area (TPSA) is 82.6 Å². The highest BCUT2D eigenvalue weighted by Crippen LogP contribution is 2.42. The van der Waals surface area contributed by atoms with Gasteiger partial charge in [0.2, 0.25) is 12.5 Å². The van der Waals surface area contributed by atoms with Crippen LogP contribution >= 0.6 is 11.3 Å². The van der Waals surface area contributed by atoms with E-state index in [9.17, 15) is 4.79 Å². The number of aromatic nitrogens is 1. The molecule has 0 unspecified atom stereocenters. The zero-order valence-corrected chi connectivity index (χ0v) is 21.6. The van der Waals surface area contributed by atoms with Gasteiger partial charge < -0.3 is 28.6 Å². The lowest BCUT2D eigenvalue weighted by Crippen LogP contribution is -2.36. The van der Waals surface area contributed by atoms with Crippen LogP contribution in [0.15, 0.2) is 24.3 Å². The lowest BCUT2D eigenvalue weighted by molar-refractivity contribution is 0.0984. The van der Waals surface area contributed by atoms with Crippen molar-refractivity contribution in [3.63, 3.8) is 0 Å². The summed E-state index contributed by atoms with van der Waals surface area (Å²) in [6, 6.07) is 7.19. The number of hydrogen-bond donors (Lipinski definition) is 0. The van der Waals surface area contributed by atoms with Crippen LogP contribution in [0.1, 0.15) is 31.1 Å². The largest absolute Gasteiger partial charge is 0.490 e. The molecule has 3 aromatic rings. The second kappa shape index (κ2) is 11.0. The number of nitrogens with zero attached hydrogens (tertiary/aromatic N) is 3. The second-order valence-electron chi connectivity index (χ2n) is 8.03. The summed E-state index contributed by atoms with van der Waals surface area (Å²) in [5.74, 6) is 2.61. The Morgan fingerprint density at radius 2 is 1.57 bits per heavy atom. The standard InChI is InChI=1S/C25H31N3O6S/c1-6-30-20-11-16(12-21(31-7-2)23(20)32-8-3)24(29)28(10-9-27(4)5)25-26-17-13-18-19(34-15-33-18)14-22(17)35-25/h11-14H,6-10,15H2,1-5H3. The Hall–Kier alpha value is -3.24. The molecule has 0 spiro atoms. The van der Waals surface area contributed by atoms with E-state index in [-0.39, 0.29) is 12.7 Å². The van der Waals surface area contributed by atoms with Gasteiger partial charge in [0.05, 0.1) is 30.0 Å². The van der Waals surface area contributed by atoms with Crippen LogP contribution in [0, 0.1) is 0 Å². The molecule has 4 rings (SSSR count). The van der Waals surface area contributed by atoms with E-state index < -0.39 is 0 Å². The molecule has 0 fully saturated rings. The van der Waals surface area contributed by atoms with Crippen LogP contribution in [0.25, 0.3) is 10.2 Å². The molecule has 0 N–H and O–H groups in total. The fraction of sp³-hybridized carbons (Fsp3) is 0.440. The summed E-state index contributed by atoms with van der Waals surface area (Å²) in [4.78, 5) is 22.4. The van der Waals surface area contributed by atoms with Crippen LogP contribution in [0.3, 0.4) is 0 Å². The van der Waals surface area contributed by atoms with Crippen LogP contribution in [-0.4, -0.2) is 69.6 Å². The number of benzene rings is 2. The summed E-state index contributed by atoms with van der Waals surface area (Å²) in [6.07, 6.45) is 0. The summed E-state index contributed by atoms with van der Waals surface area (Å²) in [6.45, 7) is 8.31. The Kier molecular flexibility index (Phi) is 7.82. The highest BCUT2D eigenvalue weighted by molar-refractivity contribution is 7.22. The molecule has 2 aromatic carbocycles. The molecule has 1 amide bonds. The van der Waals surface area contributed by atoms with Gasteiger partial charge in [-0.05, 0) is 47.0 Å². The van der Waals surface area contributed by atoms with Crippen LogP contribution < -0.4 is 28.6 Å². The Morgan fingerprint density at radius 1 is 0.943 bits per heavy atom. The van der Waals surface area contributed by atoms with Gasteiger partial charge in [-0.25, -0.2) is 4.98 Å². The highest BCUT2D eigenvalue weighted by atomic mass is 32.1. The molecule has 188 valence electrons. The third-order valence-corrected chi connectivity index (χ3v) is 6.32. The molecule has 0 bridgehead atoms. The fourth-order valence-electron chi connectivity index (χ4n) is 3.67.